The van der Waals surface area contributed by atoms with Crippen molar-refractivity contribution in [2.75, 3.05) is 26.2 Å². The number of ether oxygens (including phenoxy) is 1. The lowest BCUT2D eigenvalue weighted by Gasteiger charge is -2.21. The third-order valence-electron chi connectivity index (χ3n) is 2.38. The molecule has 0 saturated carbocycles. The van der Waals surface area contributed by atoms with Crippen LogP contribution in [0.1, 0.15) is 19.8 Å². The molecule has 5 heteroatoms. The minimum atomic E-state index is -0.380. The largest absolute Gasteiger partial charge is 0.465 e. The van der Waals surface area contributed by atoms with Gasteiger partial charge in [0.25, 0.3) is 0 Å². The second-order valence-corrected chi connectivity index (χ2v) is 3.57. The molecule has 86 valence electrons. The molecule has 1 saturated heterocycles. The van der Waals surface area contributed by atoms with E-state index in [1.807, 2.05) is 0 Å². The van der Waals surface area contributed by atoms with E-state index in [-0.39, 0.29) is 24.3 Å². The lowest BCUT2D eigenvalue weighted by atomic mass is 9.99. The summed E-state index contributed by atoms with van der Waals surface area (Å²) in [4.78, 5) is 22.5. The van der Waals surface area contributed by atoms with Crippen LogP contribution >= 0.6 is 0 Å². The quantitative estimate of drug-likeness (QED) is 0.629. The van der Waals surface area contributed by atoms with E-state index >= 15 is 0 Å². The number of nitrogens with one attached hydrogen (secondary N) is 2. The van der Waals surface area contributed by atoms with Crippen LogP contribution in [-0.4, -0.2) is 38.1 Å². The van der Waals surface area contributed by atoms with Crippen LogP contribution in [0.4, 0.5) is 0 Å². The van der Waals surface area contributed by atoms with Crippen LogP contribution in [0.3, 0.4) is 0 Å². The molecular formula is C10H18N2O3. The summed E-state index contributed by atoms with van der Waals surface area (Å²) in [6.45, 7) is 3.74. The van der Waals surface area contributed by atoms with Crippen LogP contribution < -0.4 is 10.6 Å². The van der Waals surface area contributed by atoms with E-state index in [4.69, 9.17) is 4.74 Å². The van der Waals surface area contributed by atoms with Gasteiger partial charge in [0.2, 0.25) is 5.91 Å². The van der Waals surface area contributed by atoms with Gasteiger partial charge in [0.15, 0.2) is 0 Å². The summed E-state index contributed by atoms with van der Waals surface area (Å²) < 4.78 is 4.71. The fourth-order valence-corrected chi connectivity index (χ4v) is 1.59. The summed E-state index contributed by atoms with van der Waals surface area (Å²) >= 11 is 0. The Kier molecular flexibility index (Phi) is 5.10. The van der Waals surface area contributed by atoms with E-state index in [1.165, 1.54) is 0 Å². The Balaban J connectivity index is 2.19. The maximum absolute atomic E-state index is 11.5. The van der Waals surface area contributed by atoms with Crippen LogP contribution in [0, 0.1) is 5.92 Å². The third kappa shape index (κ3) is 4.29. The van der Waals surface area contributed by atoms with Crippen LogP contribution in [0.15, 0.2) is 0 Å². The summed E-state index contributed by atoms with van der Waals surface area (Å²) in [6, 6.07) is 0. The highest BCUT2D eigenvalue weighted by atomic mass is 16.5. The molecule has 15 heavy (non-hydrogen) atoms. The summed E-state index contributed by atoms with van der Waals surface area (Å²) in [6.07, 6.45) is 1.90. The first kappa shape index (κ1) is 12.0. The Hall–Kier alpha value is -1.10. The topological polar surface area (TPSA) is 67.4 Å². The lowest BCUT2D eigenvalue weighted by molar-refractivity contribution is -0.143. The van der Waals surface area contributed by atoms with Crippen LogP contribution in [0.2, 0.25) is 0 Å². The molecule has 1 aliphatic heterocycles. The fourth-order valence-electron chi connectivity index (χ4n) is 1.59. The summed E-state index contributed by atoms with van der Waals surface area (Å²) in [7, 11) is 0. The number of rotatable bonds is 4. The van der Waals surface area contributed by atoms with Crippen molar-refractivity contribution in [2.24, 2.45) is 5.92 Å². The Bertz CT molecular complexity index is 225. The Labute approximate surface area is 89.6 Å². The summed E-state index contributed by atoms with van der Waals surface area (Å²) in [5, 5.41) is 5.73. The highest BCUT2D eigenvalue weighted by Crippen LogP contribution is 2.09. The molecule has 2 N–H and O–H groups in total. The number of hydrogen-bond acceptors (Lipinski definition) is 4. The minimum absolute atomic E-state index is 0.00632. The van der Waals surface area contributed by atoms with E-state index in [9.17, 15) is 9.59 Å². The van der Waals surface area contributed by atoms with E-state index in [0.29, 0.717) is 13.2 Å². The molecule has 5 nitrogen and oxygen atoms in total. The van der Waals surface area contributed by atoms with Crippen LogP contribution in [0.5, 0.6) is 0 Å². The van der Waals surface area contributed by atoms with Gasteiger partial charge < -0.3 is 15.4 Å². The van der Waals surface area contributed by atoms with Crippen molar-refractivity contribution in [1.29, 1.82) is 0 Å². The molecule has 0 spiro atoms. The van der Waals surface area contributed by atoms with Crippen molar-refractivity contribution in [3.63, 3.8) is 0 Å². The lowest BCUT2D eigenvalue weighted by Crippen LogP contribution is -2.42. The van der Waals surface area contributed by atoms with Gasteiger partial charge in [0, 0.05) is 6.54 Å². The average molecular weight is 214 g/mol. The van der Waals surface area contributed by atoms with Gasteiger partial charge in [0.1, 0.15) is 6.54 Å². The molecule has 1 amide bonds. The van der Waals surface area contributed by atoms with Crippen LogP contribution in [0.25, 0.3) is 0 Å². The minimum Gasteiger partial charge on any atom is -0.465 e. The normalized spacial score (nSPS) is 20.7. The van der Waals surface area contributed by atoms with Crippen LogP contribution in [-0.2, 0) is 14.3 Å². The first-order valence-electron chi connectivity index (χ1n) is 5.38. The van der Waals surface area contributed by atoms with Gasteiger partial charge in [-0.15, -0.1) is 0 Å². The van der Waals surface area contributed by atoms with E-state index in [1.54, 1.807) is 6.92 Å². The number of amides is 1. The zero-order chi connectivity index (χ0) is 11.1. The van der Waals surface area contributed by atoms with Gasteiger partial charge >= 0.3 is 5.97 Å². The van der Waals surface area contributed by atoms with Gasteiger partial charge in [-0.05, 0) is 26.3 Å². The second kappa shape index (κ2) is 6.40. The smallest absolute Gasteiger partial charge is 0.325 e. The van der Waals surface area contributed by atoms with E-state index in [2.05, 4.69) is 10.6 Å². The molecule has 0 bridgehead atoms. The maximum Gasteiger partial charge on any atom is 0.325 e. The van der Waals surface area contributed by atoms with Crippen molar-refractivity contribution >= 4 is 11.9 Å². The third-order valence-corrected chi connectivity index (χ3v) is 2.38. The SMILES string of the molecule is CCOC(=O)CNC(=O)C1CCCNC1. The highest BCUT2D eigenvalue weighted by Gasteiger charge is 2.20. The molecule has 0 aromatic carbocycles. The monoisotopic (exact) mass is 214 g/mol. The molecule has 1 heterocycles. The molecule has 0 aliphatic carbocycles. The first-order valence-corrected chi connectivity index (χ1v) is 5.38. The summed E-state index contributed by atoms with van der Waals surface area (Å²) in [5.41, 5.74) is 0. The predicted molar refractivity (Wildman–Crippen MR) is 55.2 cm³/mol. The molecule has 0 aromatic heterocycles. The maximum atomic E-state index is 11.5. The van der Waals surface area contributed by atoms with Gasteiger partial charge in [-0.2, -0.15) is 0 Å². The predicted octanol–water partition coefficient (Wildman–Crippen LogP) is -0.335. The molecule has 1 rings (SSSR count). The number of piperidine rings is 1. The molecule has 0 aromatic rings. The van der Waals surface area contributed by atoms with Crippen molar-refractivity contribution in [3.05, 3.63) is 0 Å². The number of esters is 1. The van der Waals surface area contributed by atoms with Gasteiger partial charge in [-0.1, -0.05) is 0 Å². The Morgan fingerprint density at radius 1 is 1.53 bits per heavy atom. The van der Waals surface area contributed by atoms with Crippen molar-refractivity contribution < 1.29 is 14.3 Å². The number of carbonyl (C=O) groups excluding carboxylic acids is 2. The standard InChI is InChI=1S/C10H18N2O3/c1-2-15-9(13)7-12-10(14)8-4-3-5-11-6-8/h8,11H,2-7H2,1H3,(H,12,14). The molecule has 1 aliphatic rings. The zero-order valence-corrected chi connectivity index (χ0v) is 9.04. The number of carbonyl (C=O) groups is 2. The fraction of sp³-hybridized carbons (Fsp3) is 0.800. The second-order valence-electron chi connectivity index (χ2n) is 3.57. The van der Waals surface area contributed by atoms with E-state index in [0.717, 1.165) is 19.4 Å². The molecule has 1 atom stereocenters. The van der Waals surface area contributed by atoms with Crippen molar-refractivity contribution in [1.82, 2.24) is 10.6 Å². The average Bonchev–Trinajstić information content (AvgIpc) is 2.27. The van der Waals surface area contributed by atoms with Crippen molar-refractivity contribution in [3.8, 4) is 0 Å². The molecule has 0 radical (unpaired) electrons. The zero-order valence-electron chi connectivity index (χ0n) is 9.04. The molecular weight excluding hydrogens is 196 g/mol. The van der Waals surface area contributed by atoms with Crippen molar-refractivity contribution in [2.45, 2.75) is 19.8 Å². The molecule has 1 unspecified atom stereocenters. The highest BCUT2D eigenvalue weighted by molar-refractivity contribution is 5.83. The Morgan fingerprint density at radius 3 is 2.93 bits per heavy atom. The van der Waals surface area contributed by atoms with Gasteiger partial charge in [-0.3, -0.25) is 9.59 Å². The molecule has 1 fully saturated rings. The van der Waals surface area contributed by atoms with Gasteiger partial charge in [-0.25, -0.2) is 0 Å². The first-order chi connectivity index (χ1) is 7.24. The summed E-state index contributed by atoms with van der Waals surface area (Å²) in [5.74, 6) is -0.446. The number of hydrogen-bond donors (Lipinski definition) is 2. The van der Waals surface area contributed by atoms with E-state index < -0.39 is 0 Å². The Morgan fingerprint density at radius 2 is 2.33 bits per heavy atom. The van der Waals surface area contributed by atoms with Gasteiger partial charge in [0.05, 0.1) is 12.5 Å².